The van der Waals surface area contributed by atoms with E-state index in [1.807, 2.05) is 66.7 Å². The van der Waals surface area contributed by atoms with E-state index in [4.69, 9.17) is 24.4 Å². The first-order valence-corrected chi connectivity index (χ1v) is 19.0. The lowest BCUT2D eigenvalue weighted by Crippen LogP contribution is -2.00. The first-order chi connectivity index (χ1) is 26.2. The van der Waals surface area contributed by atoms with E-state index in [2.05, 4.69) is 91.0 Å². The molecule has 0 amide bonds. The first-order valence-electron chi connectivity index (χ1n) is 17.4. The molecule has 0 aliphatic heterocycles. The van der Waals surface area contributed by atoms with E-state index >= 15 is 0 Å². The van der Waals surface area contributed by atoms with Crippen molar-refractivity contribution >= 4 is 75.0 Å². The summed E-state index contributed by atoms with van der Waals surface area (Å²) in [5.74, 6) is 1.89. The van der Waals surface area contributed by atoms with Gasteiger partial charge in [0.25, 0.3) is 0 Å². The predicted molar refractivity (Wildman–Crippen MR) is 220 cm³/mol. The van der Waals surface area contributed by atoms with Gasteiger partial charge in [0.2, 0.25) is 0 Å². The normalized spacial score (nSPS) is 11.8. The molecule has 0 aliphatic rings. The van der Waals surface area contributed by atoms with Crippen molar-refractivity contribution in [1.82, 2.24) is 19.9 Å². The minimum absolute atomic E-state index is 0.617. The number of benzene rings is 7. The zero-order valence-corrected chi connectivity index (χ0v) is 29.7. The Balaban J connectivity index is 1.05. The van der Waals surface area contributed by atoms with Crippen LogP contribution < -0.4 is 0 Å². The summed E-state index contributed by atoms with van der Waals surface area (Å²) >= 11 is 3.52. The van der Waals surface area contributed by atoms with Crippen LogP contribution in [0.15, 0.2) is 162 Å². The van der Waals surface area contributed by atoms with E-state index < -0.39 is 0 Å². The molecule has 248 valence electrons. The Bertz CT molecular complexity index is 3150. The molecule has 0 saturated carbocycles. The van der Waals surface area contributed by atoms with Gasteiger partial charge in [-0.25, -0.2) is 19.9 Å². The summed E-state index contributed by atoms with van der Waals surface area (Å²) in [7, 11) is 0. The molecule has 4 heterocycles. The Morgan fingerprint density at radius 2 is 1.06 bits per heavy atom. The molecule has 53 heavy (non-hydrogen) atoms. The minimum atomic E-state index is 0.617. The number of aromatic nitrogens is 4. The van der Waals surface area contributed by atoms with E-state index in [-0.39, 0.29) is 0 Å². The number of thiophene rings is 1. The second-order valence-electron chi connectivity index (χ2n) is 13.0. The summed E-state index contributed by atoms with van der Waals surface area (Å²) in [6.07, 6.45) is 0. The zero-order valence-electron chi connectivity index (χ0n) is 28.0. The molecule has 7 heteroatoms. The highest BCUT2D eigenvalue weighted by Crippen LogP contribution is 2.42. The van der Waals surface area contributed by atoms with Gasteiger partial charge in [-0.1, -0.05) is 103 Å². The molecule has 5 nitrogen and oxygen atoms in total. The maximum atomic E-state index is 6.13. The average molecular weight is 715 g/mol. The SMILES string of the molecule is c1ccc(-c2nc(-c3ccc4oc5ccccc5c4c3)nc(-c3cccc4sc5ccc(-c6ccc(-c7nc8ccccc8s7)cc6)cc5c34)n2)cc1. The molecule has 11 aromatic rings. The minimum Gasteiger partial charge on any atom is -0.456 e. The van der Waals surface area contributed by atoms with Gasteiger partial charge in [0.15, 0.2) is 17.5 Å². The highest BCUT2D eigenvalue weighted by atomic mass is 32.1. The van der Waals surface area contributed by atoms with Crippen LogP contribution in [-0.4, -0.2) is 19.9 Å². The fourth-order valence-electron chi connectivity index (χ4n) is 7.20. The number of para-hydroxylation sites is 2. The molecule has 0 bridgehead atoms. The van der Waals surface area contributed by atoms with Crippen molar-refractivity contribution in [2.75, 3.05) is 0 Å². The third kappa shape index (κ3) is 5.12. The molecule has 4 aromatic heterocycles. The third-order valence-electron chi connectivity index (χ3n) is 9.80. The van der Waals surface area contributed by atoms with Crippen LogP contribution in [0.5, 0.6) is 0 Å². The molecular weight excluding hydrogens is 689 g/mol. The number of rotatable bonds is 5. The van der Waals surface area contributed by atoms with Gasteiger partial charge in [0, 0.05) is 53.2 Å². The number of thiazole rings is 1. The predicted octanol–water partition coefficient (Wildman–Crippen LogP) is 13.1. The van der Waals surface area contributed by atoms with Crippen molar-refractivity contribution in [3.63, 3.8) is 0 Å². The van der Waals surface area contributed by atoms with E-state index in [9.17, 15) is 0 Å². The van der Waals surface area contributed by atoms with Gasteiger partial charge in [-0.05, 0) is 65.7 Å². The van der Waals surface area contributed by atoms with E-state index in [1.54, 1.807) is 22.7 Å². The van der Waals surface area contributed by atoms with Gasteiger partial charge in [-0.15, -0.1) is 22.7 Å². The Morgan fingerprint density at radius 1 is 0.377 bits per heavy atom. The zero-order chi connectivity index (χ0) is 34.9. The third-order valence-corrected chi connectivity index (χ3v) is 12.0. The van der Waals surface area contributed by atoms with Gasteiger partial charge in [0.05, 0.1) is 10.2 Å². The van der Waals surface area contributed by atoms with Crippen molar-refractivity contribution in [3.05, 3.63) is 158 Å². The standard InChI is InChI=1S/C46H26N4OS2/c1-2-9-28(10-3-1)43-48-44(31-21-23-38-34(26-31)32-11-4-6-14-37(32)51-38)50-45(49-43)33-12-8-16-41-42(33)35-25-30(22-24-39(35)52-41)27-17-19-29(20-18-27)46-47-36-13-5-7-15-40(36)53-46/h1-26H. The van der Waals surface area contributed by atoms with Crippen LogP contribution >= 0.6 is 22.7 Å². The summed E-state index contributed by atoms with van der Waals surface area (Å²) in [4.78, 5) is 20.2. The van der Waals surface area contributed by atoms with Crippen LogP contribution in [0.1, 0.15) is 0 Å². The van der Waals surface area contributed by atoms with Crippen molar-refractivity contribution in [2.45, 2.75) is 0 Å². The van der Waals surface area contributed by atoms with Crippen molar-refractivity contribution < 1.29 is 4.42 Å². The average Bonchev–Trinajstić information content (AvgIpc) is 3.94. The smallest absolute Gasteiger partial charge is 0.164 e. The van der Waals surface area contributed by atoms with Crippen LogP contribution in [0.25, 0.3) is 108 Å². The number of nitrogens with zero attached hydrogens (tertiary/aromatic N) is 4. The number of hydrogen-bond acceptors (Lipinski definition) is 7. The first kappa shape index (κ1) is 30.1. The molecule has 0 aliphatic carbocycles. The number of furan rings is 1. The molecule has 0 fully saturated rings. The topological polar surface area (TPSA) is 64.7 Å². The van der Waals surface area contributed by atoms with Crippen LogP contribution in [0.3, 0.4) is 0 Å². The van der Waals surface area contributed by atoms with Crippen LogP contribution in [-0.2, 0) is 0 Å². The lowest BCUT2D eigenvalue weighted by Gasteiger charge is -2.10. The van der Waals surface area contributed by atoms with Crippen molar-refractivity contribution in [2.24, 2.45) is 0 Å². The van der Waals surface area contributed by atoms with Crippen LogP contribution in [0, 0.1) is 0 Å². The fourth-order valence-corrected chi connectivity index (χ4v) is 9.28. The molecule has 0 radical (unpaired) electrons. The summed E-state index contributed by atoms with van der Waals surface area (Å²) in [5, 5.41) is 5.47. The van der Waals surface area contributed by atoms with Crippen molar-refractivity contribution in [3.8, 4) is 55.9 Å². The van der Waals surface area contributed by atoms with Crippen molar-refractivity contribution in [1.29, 1.82) is 0 Å². The molecule has 0 unspecified atom stereocenters. The largest absolute Gasteiger partial charge is 0.456 e. The van der Waals surface area contributed by atoms with Crippen LogP contribution in [0.4, 0.5) is 0 Å². The summed E-state index contributed by atoms with van der Waals surface area (Å²) in [5.41, 5.74) is 9.00. The molecule has 0 saturated heterocycles. The highest BCUT2D eigenvalue weighted by Gasteiger charge is 2.18. The number of hydrogen-bond donors (Lipinski definition) is 0. The fraction of sp³-hybridized carbons (Fsp3) is 0. The van der Waals surface area contributed by atoms with Gasteiger partial charge >= 0.3 is 0 Å². The summed E-state index contributed by atoms with van der Waals surface area (Å²) in [6, 6.07) is 54.7. The number of fused-ring (bicyclic) bond motifs is 7. The van der Waals surface area contributed by atoms with Crippen LogP contribution in [0.2, 0.25) is 0 Å². The quantitative estimate of drug-likeness (QED) is 0.178. The second-order valence-corrected chi connectivity index (χ2v) is 15.2. The monoisotopic (exact) mass is 714 g/mol. The molecular formula is C46H26N4OS2. The maximum absolute atomic E-state index is 6.13. The Morgan fingerprint density at radius 3 is 1.94 bits per heavy atom. The van der Waals surface area contributed by atoms with Gasteiger partial charge < -0.3 is 4.42 Å². The van der Waals surface area contributed by atoms with Gasteiger partial charge in [0.1, 0.15) is 16.2 Å². The van der Waals surface area contributed by atoms with Gasteiger partial charge in [-0.2, -0.15) is 0 Å². The molecule has 0 atom stereocenters. The molecule has 0 spiro atoms. The molecule has 7 aromatic carbocycles. The maximum Gasteiger partial charge on any atom is 0.164 e. The van der Waals surface area contributed by atoms with E-state index in [0.29, 0.717) is 17.5 Å². The lowest BCUT2D eigenvalue weighted by atomic mass is 10.00. The van der Waals surface area contributed by atoms with Gasteiger partial charge in [-0.3, -0.25) is 0 Å². The lowest BCUT2D eigenvalue weighted by molar-refractivity contribution is 0.669. The van der Waals surface area contributed by atoms with E-state index in [1.165, 1.54) is 19.5 Å². The van der Waals surface area contributed by atoms with E-state index in [0.717, 1.165) is 71.2 Å². The Kier molecular flexibility index (Phi) is 6.83. The Labute approximate surface area is 311 Å². The molecule has 0 N–H and O–H groups in total. The highest BCUT2D eigenvalue weighted by molar-refractivity contribution is 7.26. The summed E-state index contributed by atoms with van der Waals surface area (Å²) < 4.78 is 9.74. The Hall–Kier alpha value is -6.54. The second kappa shape index (κ2) is 12.0. The summed E-state index contributed by atoms with van der Waals surface area (Å²) in [6.45, 7) is 0. The molecule has 11 rings (SSSR count).